The number of hydrogen-bond donors (Lipinski definition) is 1. The van der Waals surface area contributed by atoms with E-state index in [1.807, 2.05) is 0 Å². The summed E-state index contributed by atoms with van der Waals surface area (Å²) in [5.41, 5.74) is 0. The van der Waals surface area contributed by atoms with Gasteiger partial charge in [-0.1, -0.05) is 0 Å². The first kappa shape index (κ1) is 7.74. The third kappa shape index (κ3) is 4.60. The van der Waals surface area contributed by atoms with E-state index in [4.69, 9.17) is 0 Å². The van der Waals surface area contributed by atoms with Crippen LogP contribution in [0.4, 0.5) is 4.79 Å². The van der Waals surface area contributed by atoms with Gasteiger partial charge in [-0.25, -0.2) is 0 Å². The summed E-state index contributed by atoms with van der Waals surface area (Å²) in [4.78, 5) is 19.7. The summed E-state index contributed by atoms with van der Waals surface area (Å²) in [6.07, 6.45) is -1.70. The summed E-state index contributed by atoms with van der Waals surface area (Å²) in [5.74, 6) is -0.501. The molecule has 0 aliphatic rings. The number of amides is 1. The molecule has 0 unspecified atom stereocenters. The monoisotopic (exact) mass is 132 g/mol. The number of carboxylic acid groups (broad SMARTS) is 1. The Morgan fingerprint density at radius 2 is 2.22 bits per heavy atom. The molecule has 0 fully saturated rings. The minimum absolute atomic E-state index is 0.501. The molecular formula is C4H6NO4-. The molecule has 0 bridgehead atoms. The van der Waals surface area contributed by atoms with Gasteiger partial charge in [0.1, 0.15) is 6.61 Å². The second kappa shape index (κ2) is 3.71. The van der Waals surface area contributed by atoms with Crippen molar-refractivity contribution in [1.29, 1.82) is 0 Å². The van der Waals surface area contributed by atoms with E-state index in [1.54, 1.807) is 0 Å². The first-order valence-electron chi connectivity index (χ1n) is 2.21. The van der Waals surface area contributed by atoms with Gasteiger partial charge in [-0.2, -0.15) is 0 Å². The minimum Gasteiger partial charge on any atom is -0.540 e. The highest BCUT2D eigenvalue weighted by Gasteiger charge is 1.92. The molecule has 0 heterocycles. The van der Waals surface area contributed by atoms with E-state index in [2.05, 4.69) is 10.1 Å². The van der Waals surface area contributed by atoms with Crippen molar-refractivity contribution in [2.45, 2.75) is 0 Å². The van der Waals surface area contributed by atoms with Crippen LogP contribution in [0.1, 0.15) is 0 Å². The second-order valence-corrected chi connectivity index (χ2v) is 1.21. The van der Waals surface area contributed by atoms with E-state index < -0.39 is 18.7 Å². The summed E-state index contributed by atoms with van der Waals surface area (Å²) < 4.78 is 3.79. The smallest absolute Gasteiger partial charge is 0.252 e. The zero-order chi connectivity index (χ0) is 7.28. The summed E-state index contributed by atoms with van der Waals surface area (Å²) in [6, 6.07) is 0. The van der Waals surface area contributed by atoms with E-state index in [0.29, 0.717) is 0 Å². The lowest BCUT2D eigenvalue weighted by Crippen LogP contribution is -2.30. The van der Waals surface area contributed by atoms with Crippen LogP contribution in [0.5, 0.6) is 0 Å². The van der Waals surface area contributed by atoms with Gasteiger partial charge in [0.15, 0.2) is 0 Å². The van der Waals surface area contributed by atoms with Crippen LogP contribution in [-0.4, -0.2) is 25.7 Å². The quantitative estimate of drug-likeness (QED) is 0.445. The predicted octanol–water partition coefficient (Wildman–Crippen LogP) is -1.91. The molecule has 0 aliphatic heterocycles. The molecule has 0 atom stereocenters. The Labute approximate surface area is 51.6 Å². The van der Waals surface area contributed by atoms with Gasteiger partial charge in [0.25, 0.3) is 6.16 Å². The van der Waals surface area contributed by atoms with Crippen molar-refractivity contribution in [2.24, 2.45) is 0 Å². The van der Waals surface area contributed by atoms with Gasteiger partial charge in [0.05, 0.1) is 0 Å². The van der Waals surface area contributed by atoms with Crippen molar-refractivity contribution in [3.05, 3.63) is 0 Å². The van der Waals surface area contributed by atoms with Crippen molar-refractivity contribution in [3.8, 4) is 0 Å². The van der Waals surface area contributed by atoms with E-state index in [1.165, 1.54) is 7.05 Å². The molecule has 0 aromatic heterocycles. The Balaban J connectivity index is 3.28. The lowest BCUT2D eigenvalue weighted by atomic mass is 10.7. The lowest BCUT2D eigenvalue weighted by molar-refractivity contribution is -0.282. The highest BCUT2D eigenvalue weighted by atomic mass is 16.7. The molecule has 5 nitrogen and oxygen atoms in total. The average Bonchev–Trinajstić information content (AvgIpc) is 1.83. The highest BCUT2D eigenvalue weighted by Crippen LogP contribution is 1.70. The molecule has 0 spiro atoms. The van der Waals surface area contributed by atoms with Gasteiger partial charge in [-0.3, -0.25) is 4.79 Å². The van der Waals surface area contributed by atoms with Crippen LogP contribution in [0.25, 0.3) is 0 Å². The fourth-order valence-corrected chi connectivity index (χ4v) is 0.197. The van der Waals surface area contributed by atoms with Gasteiger partial charge < -0.3 is 20.0 Å². The van der Waals surface area contributed by atoms with Crippen LogP contribution < -0.4 is 10.4 Å². The first-order valence-corrected chi connectivity index (χ1v) is 2.21. The van der Waals surface area contributed by atoms with Gasteiger partial charge >= 0.3 is 0 Å². The molecule has 52 valence electrons. The maximum Gasteiger partial charge on any atom is 0.252 e. The molecule has 9 heavy (non-hydrogen) atoms. The number of likely N-dealkylation sites (N-methyl/N-ethyl adjacent to an activating group) is 1. The van der Waals surface area contributed by atoms with Crippen molar-refractivity contribution in [1.82, 2.24) is 5.32 Å². The molecule has 0 aromatic rings. The zero-order valence-electron chi connectivity index (χ0n) is 4.84. The van der Waals surface area contributed by atoms with E-state index in [9.17, 15) is 14.7 Å². The fraction of sp³-hybridized carbons (Fsp3) is 0.500. The number of carbonyl (C=O) groups excluding carboxylic acids is 2. The summed E-state index contributed by atoms with van der Waals surface area (Å²) in [6.45, 7) is -0.501. The average molecular weight is 132 g/mol. The molecule has 0 rings (SSSR count). The SMILES string of the molecule is CNC(=O)COC(=O)[O-]. The van der Waals surface area contributed by atoms with Crippen molar-refractivity contribution < 1.29 is 19.4 Å². The Morgan fingerprint density at radius 1 is 1.67 bits per heavy atom. The van der Waals surface area contributed by atoms with Crippen molar-refractivity contribution in [3.63, 3.8) is 0 Å². The molecule has 5 heteroatoms. The normalized spacial score (nSPS) is 8.11. The third-order valence-corrected chi connectivity index (χ3v) is 0.600. The third-order valence-electron chi connectivity index (χ3n) is 0.600. The van der Waals surface area contributed by atoms with E-state index >= 15 is 0 Å². The molecule has 0 aromatic carbocycles. The summed E-state index contributed by atoms with van der Waals surface area (Å²) in [5, 5.41) is 11.7. The highest BCUT2D eigenvalue weighted by molar-refractivity contribution is 5.78. The largest absolute Gasteiger partial charge is 0.540 e. The topological polar surface area (TPSA) is 78.5 Å². The Morgan fingerprint density at radius 3 is 2.56 bits per heavy atom. The van der Waals surface area contributed by atoms with Crippen LogP contribution in [0.3, 0.4) is 0 Å². The Hall–Kier alpha value is -1.26. The zero-order valence-corrected chi connectivity index (χ0v) is 4.84. The minimum atomic E-state index is -1.70. The molecule has 0 radical (unpaired) electrons. The molecule has 0 saturated carbocycles. The molecule has 0 saturated heterocycles. The number of carbonyl (C=O) groups is 2. The molecule has 0 aliphatic carbocycles. The summed E-state index contributed by atoms with van der Waals surface area (Å²) >= 11 is 0. The number of hydrogen-bond acceptors (Lipinski definition) is 4. The molecule has 1 amide bonds. The van der Waals surface area contributed by atoms with E-state index in [0.717, 1.165) is 0 Å². The van der Waals surface area contributed by atoms with Crippen LogP contribution in [0.15, 0.2) is 0 Å². The van der Waals surface area contributed by atoms with Crippen molar-refractivity contribution in [2.75, 3.05) is 13.7 Å². The van der Waals surface area contributed by atoms with Crippen LogP contribution in [-0.2, 0) is 9.53 Å². The fourth-order valence-electron chi connectivity index (χ4n) is 0.197. The van der Waals surface area contributed by atoms with Gasteiger partial charge in [0.2, 0.25) is 5.91 Å². The summed E-state index contributed by atoms with van der Waals surface area (Å²) in [7, 11) is 1.38. The number of nitrogens with one attached hydrogen (secondary N) is 1. The maximum atomic E-state index is 10.2. The second-order valence-electron chi connectivity index (χ2n) is 1.21. The first-order chi connectivity index (χ1) is 4.16. The molecule has 1 N–H and O–H groups in total. The van der Waals surface area contributed by atoms with Crippen LogP contribution in [0.2, 0.25) is 0 Å². The van der Waals surface area contributed by atoms with Crippen molar-refractivity contribution >= 4 is 12.1 Å². The van der Waals surface area contributed by atoms with E-state index in [-0.39, 0.29) is 0 Å². The van der Waals surface area contributed by atoms with Gasteiger partial charge in [-0.15, -0.1) is 0 Å². The molecular weight excluding hydrogens is 126 g/mol. The standard InChI is InChI=1S/C4H7NO4/c1-5-3(6)2-9-4(7)8/h2H2,1H3,(H,5,6)(H,7,8)/p-1. The van der Waals surface area contributed by atoms with Gasteiger partial charge in [0, 0.05) is 7.05 Å². The number of ether oxygens (including phenoxy) is 1. The lowest BCUT2D eigenvalue weighted by Gasteiger charge is -2.04. The maximum absolute atomic E-state index is 10.2. The Kier molecular flexibility index (Phi) is 3.19. The van der Waals surface area contributed by atoms with Crippen LogP contribution in [0, 0.1) is 0 Å². The Bertz CT molecular complexity index is 122. The predicted molar refractivity (Wildman–Crippen MR) is 25.4 cm³/mol. The van der Waals surface area contributed by atoms with Crippen LogP contribution >= 0.6 is 0 Å². The number of rotatable bonds is 2. The van der Waals surface area contributed by atoms with Gasteiger partial charge in [-0.05, 0) is 0 Å².